The van der Waals surface area contributed by atoms with Crippen molar-refractivity contribution in [2.75, 3.05) is 0 Å². The third kappa shape index (κ3) is 4.54. The van der Waals surface area contributed by atoms with Crippen molar-refractivity contribution in [1.29, 1.82) is 0 Å². The predicted octanol–water partition coefficient (Wildman–Crippen LogP) is 6.58. The number of rotatable bonds is 3. The molecule has 2 aromatic carbocycles. The molecule has 2 nitrogen and oxygen atoms in total. The molecule has 0 aliphatic rings. The molecule has 2 aromatic rings. The van der Waals surface area contributed by atoms with E-state index in [0.717, 1.165) is 6.07 Å². The van der Waals surface area contributed by atoms with Gasteiger partial charge in [-0.2, -0.15) is 17.6 Å². The van der Waals surface area contributed by atoms with Gasteiger partial charge in [-0.15, -0.1) is 13.2 Å². The largest absolute Gasteiger partial charge is 0.573 e. The van der Waals surface area contributed by atoms with Crippen LogP contribution in [-0.4, -0.2) is 6.36 Å². The van der Waals surface area contributed by atoms with E-state index < -0.39 is 52.8 Å². The molecule has 0 saturated carbocycles. The number of hydrogen-bond donors (Lipinski definition) is 0. The summed E-state index contributed by atoms with van der Waals surface area (Å²) in [4.78, 5) is 0. The van der Waals surface area contributed by atoms with Gasteiger partial charge in [0.1, 0.15) is 0 Å². The molecule has 12 heteroatoms. The average molecular weight is 455 g/mol. The molecule has 0 aliphatic carbocycles. The molecule has 142 valence electrons. The molecular formula is C14H4BrF9O2. The Hall–Kier alpha value is -2.11. The summed E-state index contributed by atoms with van der Waals surface area (Å²) in [6.45, 7) is 0. The van der Waals surface area contributed by atoms with E-state index in [4.69, 9.17) is 0 Å². The molecule has 0 aromatic heterocycles. The maximum absolute atomic E-state index is 14.1. The molecule has 0 N–H and O–H groups in total. The zero-order chi connectivity index (χ0) is 19.9. The predicted molar refractivity (Wildman–Crippen MR) is 72.2 cm³/mol. The summed E-state index contributed by atoms with van der Waals surface area (Å²) in [6, 6.07) is 1.15. The first-order chi connectivity index (χ1) is 11.8. The van der Waals surface area contributed by atoms with E-state index in [2.05, 4.69) is 25.4 Å². The molecule has 0 heterocycles. The molecule has 0 fully saturated rings. The minimum absolute atomic E-state index is 0.111. The monoisotopic (exact) mass is 454 g/mol. The van der Waals surface area contributed by atoms with E-state index in [-0.39, 0.29) is 16.6 Å². The van der Waals surface area contributed by atoms with Crippen LogP contribution in [0.5, 0.6) is 17.2 Å². The highest BCUT2D eigenvalue weighted by Gasteiger charge is 2.35. The second-order valence-electron chi connectivity index (χ2n) is 4.61. The molecule has 0 radical (unpaired) electrons. The van der Waals surface area contributed by atoms with Gasteiger partial charge in [-0.05, 0) is 40.2 Å². The van der Waals surface area contributed by atoms with E-state index in [0.29, 0.717) is 6.07 Å². The number of hydrogen-bond acceptors (Lipinski definition) is 2. The van der Waals surface area contributed by atoms with Crippen molar-refractivity contribution in [1.82, 2.24) is 0 Å². The minimum atomic E-state index is -5.27. The van der Waals surface area contributed by atoms with Gasteiger partial charge in [0.2, 0.25) is 5.82 Å². The summed E-state index contributed by atoms with van der Waals surface area (Å²) < 4.78 is 123. The summed E-state index contributed by atoms with van der Waals surface area (Å²) in [5.74, 6) is -9.40. The maximum Gasteiger partial charge on any atom is 0.573 e. The number of halogens is 10. The summed E-state index contributed by atoms with van der Waals surface area (Å²) in [5, 5.41) is 0. The van der Waals surface area contributed by atoms with Gasteiger partial charge < -0.3 is 9.47 Å². The lowest BCUT2D eigenvalue weighted by molar-refractivity contribution is -0.275. The van der Waals surface area contributed by atoms with Gasteiger partial charge in [-0.3, -0.25) is 0 Å². The summed E-state index contributed by atoms with van der Waals surface area (Å²) in [7, 11) is 0. The second-order valence-corrected chi connectivity index (χ2v) is 5.46. The highest BCUT2D eigenvalue weighted by Crippen LogP contribution is 2.41. The van der Waals surface area contributed by atoms with Gasteiger partial charge in [-0.1, -0.05) is 0 Å². The molecule has 0 amide bonds. The Balaban J connectivity index is 2.48. The zero-order valence-corrected chi connectivity index (χ0v) is 13.5. The lowest BCUT2D eigenvalue weighted by Gasteiger charge is -2.15. The van der Waals surface area contributed by atoms with Crippen LogP contribution in [0.3, 0.4) is 0 Å². The van der Waals surface area contributed by atoms with Crippen molar-refractivity contribution in [3.05, 3.63) is 51.8 Å². The molecule has 0 bridgehead atoms. The fourth-order valence-corrected chi connectivity index (χ4v) is 2.12. The highest BCUT2D eigenvalue weighted by atomic mass is 79.9. The topological polar surface area (TPSA) is 18.5 Å². The van der Waals surface area contributed by atoms with E-state index in [1.807, 2.05) is 0 Å². The molecule has 0 atom stereocenters. The van der Waals surface area contributed by atoms with Crippen molar-refractivity contribution in [2.24, 2.45) is 0 Å². The molecule has 2 rings (SSSR count). The standard InChI is InChI=1S/C14H4BrF9O2/c15-6-1-2-9(26-14(22,23)24)10(18)11(6)25-12-7(16)3-5(4-8(12)17)13(19,20)21/h1-4H. The molecular weight excluding hydrogens is 451 g/mol. The van der Waals surface area contributed by atoms with Crippen molar-refractivity contribution in [3.63, 3.8) is 0 Å². The van der Waals surface area contributed by atoms with Gasteiger partial charge in [0, 0.05) is 0 Å². The Morgan fingerprint density at radius 3 is 1.81 bits per heavy atom. The maximum atomic E-state index is 14.1. The summed E-state index contributed by atoms with van der Waals surface area (Å²) in [6.07, 6.45) is -10.3. The Labute approximate surface area is 147 Å². The molecule has 26 heavy (non-hydrogen) atoms. The van der Waals surface area contributed by atoms with Crippen molar-refractivity contribution >= 4 is 15.9 Å². The Bertz CT molecular complexity index is 807. The van der Waals surface area contributed by atoms with Crippen LogP contribution in [-0.2, 0) is 6.18 Å². The van der Waals surface area contributed by atoms with Crippen LogP contribution < -0.4 is 9.47 Å². The normalized spacial score (nSPS) is 12.2. The third-order valence-electron chi connectivity index (χ3n) is 2.77. The molecule has 0 spiro atoms. The SMILES string of the molecule is Fc1cc(C(F)(F)F)cc(F)c1Oc1c(Br)ccc(OC(F)(F)F)c1F. The van der Waals surface area contributed by atoms with Gasteiger partial charge in [-0.25, -0.2) is 8.78 Å². The van der Waals surface area contributed by atoms with Crippen LogP contribution in [0.15, 0.2) is 28.7 Å². The van der Waals surface area contributed by atoms with Crippen molar-refractivity contribution in [3.8, 4) is 17.2 Å². The van der Waals surface area contributed by atoms with Gasteiger partial charge >= 0.3 is 12.5 Å². The van der Waals surface area contributed by atoms with Gasteiger partial charge in [0.05, 0.1) is 10.0 Å². The van der Waals surface area contributed by atoms with Crippen molar-refractivity contribution < 1.29 is 49.0 Å². The quantitative estimate of drug-likeness (QED) is 0.488. The fourth-order valence-electron chi connectivity index (χ4n) is 1.73. The van der Waals surface area contributed by atoms with Crippen LogP contribution in [0.1, 0.15) is 5.56 Å². The smallest absolute Gasteiger partial charge is 0.447 e. The molecule has 0 unspecified atom stereocenters. The Morgan fingerprint density at radius 2 is 1.35 bits per heavy atom. The number of alkyl halides is 6. The fraction of sp³-hybridized carbons (Fsp3) is 0.143. The lowest BCUT2D eigenvalue weighted by atomic mass is 10.2. The van der Waals surface area contributed by atoms with Crippen LogP contribution in [0.25, 0.3) is 0 Å². The summed E-state index contributed by atoms with van der Waals surface area (Å²) in [5.41, 5.74) is -1.67. The number of benzene rings is 2. The van der Waals surface area contributed by atoms with Crippen LogP contribution in [0, 0.1) is 17.5 Å². The molecule has 0 saturated heterocycles. The van der Waals surface area contributed by atoms with Crippen LogP contribution in [0.2, 0.25) is 0 Å². The minimum Gasteiger partial charge on any atom is -0.447 e. The highest BCUT2D eigenvalue weighted by molar-refractivity contribution is 9.10. The third-order valence-corrected chi connectivity index (χ3v) is 3.39. The van der Waals surface area contributed by atoms with Crippen LogP contribution >= 0.6 is 15.9 Å². The molecule has 0 aliphatic heterocycles. The van der Waals surface area contributed by atoms with E-state index in [1.165, 1.54) is 0 Å². The Kier molecular flexibility index (Phi) is 5.36. The first-order valence-electron chi connectivity index (χ1n) is 6.27. The Morgan fingerprint density at radius 1 is 0.808 bits per heavy atom. The number of ether oxygens (including phenoxy) is 2. The van der Waals surface area contributed by atoms with E-state index in [1.54, 1.807) is 0 Å². The average Bonchev–Trinajstić information content (AvgIpc) is 2.46. The van der Waals surface area contributed by atoms with Gasteiger partial charge in [0.25, 0.3) is 0 Å². The lowest BCUT2D eigenvalue weighted by Crippen LogP contribution is -2.18. The first kappa shape index (κ1) is 20.2. The summed E-state index contributed by atoms with van der Waals surface area (Å²) >= 11 is 2.69. The van der Waals surface area contributed by atoms with Gasteiger partial charge in [0.15, 0.2) is 28.9 Å². The van der Waals surface area contributed by atoms with E-state index >= 15 is 0 Å². The van der Waals surface area contributed by atoms with E-state index in [9.17, 15) is 39.5 Å². The first-order valence-corrected chi connectivity index (χ1v) is 7.06. The zero-order valence-electron chi connectivity index (χ0n) is 11.9. The van der Waals surface area contributed by atoms with Crippen molar-refractivity contribution in [2.45, 2.75) is 12.5 Å². The van der Waals surface area contributed by atoms with Crippen LogP contribution in [0.4, 0.5) is 39.5 Å². The second kappa shape index (κ2) is 6.89.